The van der Waals surface area contributed by atoms with Gasteiger partial charge in [0.05, 0.1) is 5.69 Å². The van der Waals surface area contributed by atoms with Gasteiger partial charge in [-0.1, -0.05) is 18.2 Å². The highest BCUT2D eigenvalue weighted by atomic mass is 16.1. The van der Waals surface area contributed by atoms with Gasteiger partial charge in [-0.2, -0.15) is 0 Å². The van der Waals surface area contributed by atoms with E-state index in [1.807, 2.05) is 44.2 Å². The van der Waals surface area contributed by atoms with Crippen LogP contribution in [0, 0.1) is 0 Å². The van der Waals surface area contributed by atoms with Crippen molar-refractivity contribution < 1.29 is 4.79 Å². The molecule has 1 N–H and O–H groups in total. The summed E-state index contributed by atoms with van der Waals surface area (Å²) in [6, 6.07) is 4.36. The minimum absolute atomic E-state index is 0.127. The Kier molecular flexibility index (Phi) is 4.37. The fourth-order valence-corrected chi connectivity index (χ4v) is 3.27. The first-order valence-electron chi connectivity index (χ1n) is 8.19. The number of pyridine rings is 1. The second-order valence-electron chi connectivity index (χ2n) is 6.08. The van der Waals surface area contributed by atoms with Crippen LogP contribution in [0.15, 0.2) is 35.9 Å². The average Bonchev–Trinajstić information content (AvgIpc) is 3.02. The quantitative estimate of drug-likeness (QED) is 0.867. The van der Waals surface area contributed by atoms with E-state index >= 15 is 0 Å². The van der Waals surface area contributed by atoms with Gasteiger partial charge in [0.1, 0.15) is 5.69 Å². The predicted molar refractivity (Wildman–Crippen MR) is 94.2 cm³/mol. The Morgan fingerprint density at radius 2 is 2.26 bits per heavy atom. The molecule has 5 nitrogen and oxygen atoms in total. The third kappa shape index (κ3) is 2.96. The van der Waals surface area contributed by atoms with Crippen molar-refractivity contribution in [2.45, 2.75) is 26.3 Å². The largest absolute Gasteiger partial charge is 0.366 e. The lowest BCUT2D eigenvalue weighted by Gasteiger charge is -2.34. The topological polar surface area (TPSA) is 48.5 Å². The van der Waals surface area contributed by atoms with Crippen LogP contribution in [0.25, 0.3) is 0 Å². The summed E-state index contributed by atoms with van der Waals surface area (Å²) in [5.74, 6) is 0.795. The minimum Gasteiger partial charge on any atom is -0.366 e. The summed E-state index contributed by atoms with van der Waals surface area (Å²) in [4.78, 5) is 21.6. The van der Waals surface area contributed by atoms with Gasteiger partial charge in [0, 0.05) is 32.7 Å². The van der Waals surface area contributed by atoms with Gasteiger partial charge < -0.3 is 15.1 Å². The number of carbonyl (C=O) groups is 1. The summed E-state index contributed by atoms with van der Waals surface area (Å²) in [6.07, 6.45) is 7.12. The van der Waals surface area contributed by atoms with Crippen LogP contribution in [-0.4, -0.2) is 43.6 Å². The van der Waals surface area contributed by atoms with Gasteiger partial charge in [-0.05, 0) is 38.0 Å². The van der Waals surface area contributed by atoms with Crippen molar-refractivity contribution >= 4 is 17.4 Å². The smallest absolute Gasteiger partial charge is 0.270 e. The van der Waals surface area contributed by atoms with Crippen LogP contribution in [-0.2, 0) is 0 Å². The van der Waals surface area contributed by atoms with Gasteiger partial charge in [0.15, 0.2) is 5.82 Å². The number of hydrogen-bond donors (Lipinski definition) is 1. The first-order chi connectivity index (χ1) is 11.1. The van der Waals surface area contributed by atoms with Gasteiger partial charge in [0.25, 0.3) is 5.91 Å². The SMILES string of the molecule is C/C=C\C(=C/C)CNC(=O)c1ccc2c(n1)N(C)C1CCN2C1. The van der Waals surface area contributed by atoms with E-state index < -0.39 is 0 Å². The number of likely N-dealkylation sites (N-methyl/N-ethyl adjacent to an activating group) is 1. The van der Waals surface area contributed by atoms with Crippen LogP contribution in [0.3, 0.4) is 0 Å². The molecule has 0 saturated carbocycles. The molecule has 5 heteroatoms. The number of allylic oxidation sites excluding steroid dienone is 2. The van der Waals surface area contributed by atoms with Crippen LogP contribution in [0.2, 0.25) is 0 Å². The third-order valence-electron chi connectivity index (χ3n) is 4.68. The summed E-state index contributed by atoms with van der Waals surface area (Å²) < 4.78 is 0. The molecule has 1 saturated heterocycles. The zero-order valence-corrected chi connectivity index (χ0v) is 14.0. The highest BCUT2D eigenvalue weighted by Gasteiger charge is 2.35. The van der Waals surface area contributed by atoms with Crippen LogP contribution in [0.1, 0.15) is 30.8 Å². The van der Waals surface area contributed by atoms with Gasteiger partial charge >= 0.3 is 0 Å². The summed E-state index contributed by atoms with van der Waals surface area (Å²) >= 11 is 0. The maximum absolute atomic E-state index is 12.4. The number of fused-ring (bicyclic) bond motifs is 4. The molecule has 1 atom stereocenters. The Balaban J connectivity index is 1.76. The van der Waals surface area contributed by atoms with Crippen LogP contribution in [0.5, 0.6) is 0 Å². The number of hydrogen-bond acceptors (Lipinski definition) is 4. The van der Waals surface area contributed by atoms with Crippen LogP contribution in [0.4, 0.5) is 11.5 Å². The van der Waals surface area contributed by atoms with E-state index in [1.165, 1.54) is 0 Å². The number of anilines is 2. The highest BCUT2D eigenvalue weighted by Crippen LogP contribution is 2.37. The van der Waals surface area contributed by atoms with Crippen molar-refractivity contribution in [2.24, 2.45) is 0 Å². The van der Waals surface area contributed by atoms with E-state index in [0.717, 1.165) is 36.6 Å². The van der Waals surface area contributed by atoms with Gasteiger partial charge in [-0.3, -0.25) is 4.79 Å². The zero-order chi connectivity index (χ0) is 16.4. The van der Waals surface area contributed by atoms with Crippen molar-refractivity contribution in [3.8, 4) is 0 Å². The molecule has 1 fully saturated rings. The number of nitrogens with one attached hydrogen (secondary N) is 1. The molecule has 2 aliphatic heterocycles. The van der Waals surface area contributed by atoms with Crippen molar-refractivity contribution in [1.29, 1.82) is 0 Å². The molecule has 3 heterocycles. The number of nitrogens with zero attached hydrogens (tertiary/aromatic N) is 3. The summed E-state index contributed by atoms with van der Waals surface area (Å²) in [7, 11) is 2.07. The lowest BCUT2D eigenvalue weighted by Crippen LogP contribution is -2.40. The highest BCUT2D eigenvalue weighted by molar-refractivity contribution is 5.94. The summed E-state index contributed by atoms with van der Waals surface area (Å²) in [5, 5.41) is 2.94. The van der Waals surface area contributed by atoms with Crippen molar-refractivity contribution in [1.82, 2.24) is 10.3 Å². The lowest BCUT2D eigenvalue weighted by atomic mass is 10.2. The molecule has 23 heavy (non-hydrogen) atoms. The van der Waals surface area contributed by atoms with E-state index in [2.05, 4.69) is 27.1 Å². The Hall–Kier alpha value is -2.30. The van der Waals surface area contributed by atoms with Gasteiger partial charge in [-0.25, -0.2) is 4.98 Å². The summed E-state index contributed by atoms with van der Waals surface area (Å²) in [5.41, 5.74) is 2.70. The third-order valence-corrected chi connectivity index (χ3v) is 4.68. The summed E-state index contributed by atoms with van der Waals surface area (Å²) in [6.45, 7) is 6.59. The van der Waals surface area contributed by atoms with Crippen LogP contribution >= 0.6 is 0 Å². The molecular formula is C18H24N4O. The molecule has 122 valence electrons. The molecule has 0 spiro atoms. The molecule has 2 aliphatic rings. The van der Waals surface area contributed by atoms with Gasteiger partial charge in [0.2, 0.25) is 0 Å². The molecule has 0 aliphatic carbocycles. The predicted octanol–water partition coefficient (Wildman–Crippen LogP) is 2.36. The second kappa shape index (κ2) is 6.44. The normalized spacial score (nSPS) is 20.1. The molecule has 2 bridgehead atoms. The molecule has 1 aromatic rings. The maximum Gasteiger partial charge on any atom is 0.270 e. The molecule has 3 rings (SSSR count). The van der Waals surface area contributed by atoms with Crippen molar-refractivity contribution in [2.75, 3.05) is 36.5 Å². The lowest BCUT2D eigenvalue weighted by molar-refractivity contribution is 0.0952. The van der Waals surface area contributed by atoms with Crippen molar-refractivity contribution in [3.63, 3.8) is 0 Å². The van der Waals surface area contributed by atoms with E-state index in [4.69, 9.17) is 0 Å². The Morgan fingerprint density at radius 1 is 1.43 bits per heavy atom. The maximum atomic E-state index is 12.4. The van der Waals surface area contributed by atoms with Gasteiger partial charge in [-0.15, -0.1) is 0 Å². The standard InChI is InChI=1S/C18H24N4O/c1-4-6-13(5-2)11-19-18(23)15-7-8-16-17(20-15)21(3)14-9-10-22(16)12-14/h4-8,14H,9-12H2,1-3H3,(H,19,23)/b6-4-,13-5+. The van der Waals surface area contributed by atoms with E-state index in [9.17, 15) is 4.79 Å². The molecule has 0 aromatic carbocycles. The van der Waals surface area contributed by atoms with E-state index in [0.29, 0.717) is 18.3 Å². The van der Waals surface area contributed by atoms with E-state index in [1.54, 1.807) is 0 Å². The zero-order valence-electron chi connectivity index (χ0n) is 14.0. The number of amides is 1. The number of aromatic nitrogens is 1. The number of rotatable bonds is 4. The molecule has 1 aromatic heterocycles. The first kappa shape index (κ1) is 15.6. The fourth-order valence-electron chi connectivity index (χ4n) is 3.27. The average molecular weight is 312 g/mol. The molecule has 0 radical (unpaired) electrons. The van der Waals surface area contributed by atoms with Crippen molar-refractivity contribution in [3.05, 3.63) is 41.6 Å². The first-order valence-corrected chi connectivity index (χ1v) is 8.19. The number of carbonyl (C=O) groups excluding carboxylic acids is 1. The van der Waals surface area contributed by atoms with E-state index in [-0.39, 0.29) is 5.91 Å². The Bertz CT molecular complexity index is 665. The molecular weight excluding hydrogens is 288 g/mol. The van der Waals surface area contributed by atoms with Crippen LogP contribution < -0.4 is 15.1 Å². The minimum atomic E-state index is -0.127. The fraction of sp³-hybridized carbons (Fsp3) is 0.444. The Labute approximate surface area is 137 Å². The monoisotopic (exact) mass is 312 g/mol. The second-order valence-corrected chi connectivity index (χ2v) is 6.08. The molecule has 1 amide bonds. The Morgan fingerprint density at radius 3 is 3.00 bits per heavy atom. The molecule has 1 unspecified atom stereocenters.